The third-order valence-corrected chi connectivity index (χ3v) is 5.80. The fourth-order valence-electron chi connectivity index (χ4n) is 2.16. The number of carboxylic acids is 1. The molecule has 1 saturated carbocycles. The number of hydrogen-bond acceptors (Lipinski definition) is 4. The summed E-state index contributed by atoms with van der Waals surface area (Å²) >= 11 is 0.925. The topological polar surface area (TPSA) is 83.5 Å². The maximum atomic E-state index is 12.1. The number of rotatable bonds is 4. The lowest BCUT2D eigenvalue weighted by molar-refractivity contribution is 0.0702. The van der Waals surface area contributed by atoms with Gasteiger partial charge in [0.2, 0.25) is 10.0 Å². The lowest BCUT2D eigenvalue weighted by Gasteiger charge is -2.16. The van der Waals surface area contributed by atoms with Crippen LogP contribution in [0.5, 0.6) is 0 Å². The third kappa shape index (κ3) is 2.73. The Bertz CT molecular complexity index is 549. The summed E-state index contributed by atoms with van der Waals surface area (Å²) in [5.74, 6) is -0.770. The van der Waals surface area contributed by atoms with E-state index in [1.54, 1.807) is 0 Å². The number of carboxylic acid groups (broad SMARTS) is 1. The van der Waals surface area contributed by atoms with Gasteiger partial charge in [0.1, 0.15) is 4.88 Å². The summed E-state index contributed by atoms with van der Waals surface area (Å²) in [5.41, 5.74) is 0. The van der Waals surface area contributed by atoms with Gasteiger partial charge < -0.3 is 5.11 Å². The molecule has 2 N–H and O–H groups in total. The molecule has 2 rings (SSSR count). The van der Waals surface area contributed by atoms with Gasteiger partial charge in [-0.25, -0.2) is 17.9 Å². The molecule has 0 spiro atoms. The van der Waals surface area contributed by atoms with Gasteiger partial charge in [-0.3, -0.25) is 0 Å². The normalized spacial score (nSPS) is 24.3. The van der Waals surface area contributed by atoms with Crippen molar-refractivity contribution < 1.29 is 18.3 Å². The zero-order valence-electron chi connectivity index (χ0n) is 9.92. The molecule has 0 amide bonds. The SMILES string of the molecule is CC1CCCC1NS(=O)(=O)c1csc(C(=O)O)c1. The molecule has 1 fully saturated rings. The monoisotopic (exact) mass is 289 g/mol. The zero-order chi connectivity index (χ0) is 13.3. The molecular formula is C11H15NO4S2. The van der Waals surface area contributed by atoms with Crippen LogP contribution in [0, 0.1) is 5.92 Å². The van der Waals surface area contributed by atoms with Gasteiger partial charge in [-0.2, -0.15) is 0 Å². The average molecular weight is 289 g/mol. The second-order valence-corrected chi connectivity index (χ2v) is 7.21. The number of sulfonamides is 1. The molecule has 18 heavy (non-hydrogen) atoms. The Hall–Kier alpha value is -0.920. The van der Waals surface area contributed by atoms with Crippen molar-refractivity contribution in [1.82, 2.24) is 4.72 Å². The van der Waals surface area contributed by atoms with Crippen molar-refractivity contribution in [2.75, 3.05) is 0 Å². The first-order valence-corrected chi connectivity index (χ1v) is 8.10. The minimum absolute atomic E-state index is 0.0369. The Labute approximate surface area is 110 Å². The van der Waals surface area contributed by atoms with Gasteiger partial charge in [-0.1, -0.05) is 13.3 Å². The van der Waals surface area contributed by atoms with Gasteiger partial charge in [0.15, 0.2) is 0 Å². The molecule has 5 nitrogen and oxygen atoms in total. The van der Waals surface area contributed by atoms with E-state index in [1.165, 1.54) is 11.4 Å². The van der Waals surface area contributed by atoms with Crippen LogP contribution >= 0.6 is 11.3 Å². The summed E-state index contributed by atoms with van der Waals surface area (Å²) in [6.45, 7) is 2.02. The van der Waals surface area contributed by atoms with Crippen LogP contribution in [-0.2, 0) is 10.0 Å². The van der Waals surface area contributed by atoms with Gasteiger partial charge in [0.25, 0.3) is 0 Å². The largest absolute Gasteiger partial charge is 0.477 e. The Morgan fingerprint density at radius 3 is 2.72 bits per heavy atom. The molecule has 100 valence electrons. The lowest BCUT2D eigenvalue weighted by Crippen LogP contribution is -2.36. The summed E-state index contributed by atoms with van der Waals surface area (Å²) in [4.78, 5) is 10.8. The van der Waals surface area contributed by atoms with Crippen LogP contribution in [0.15, 0.2) is 16.3 Å². The Balaban J connectivity index is 2.17. The summed E-state index contributed by atoms with van der Waals surface area (Å²) in [6.07, 6.45) is 2.89. The molecule has 1 aromatic heterocycles. The van der Waals surface area contributed by atoms with Crippen LogP contribution in [0.3, 0.4) is 0 Å². The van der Waals surface area contributed by atoms with Gasteiger partial charge in [-0.05, 0) is 24.8 Å². The highest BCUT2D eigenvalue weighted by molar-refractivity contribution is 7.89. The van der Waals surface area contributed by atoms with Crippen LogP contribution in [-0.4, -0.2) is 25.5 Å². The highest BCUT2D eigenvalue weighted by Crippen LogP contribution is 2.27. The van der Waals surface area contributed by atoms with Crippen molar-refractivity contribution >= 4 is 27.3 Å². The minimum atomic E-state index is -3.59. The summed E-state index contributed by atoms with van der Waals surface area (Å²) in [6, 6.07) is 1.16. The number of hydrogen-bond donors (Lipinski definition) is 2. The third-order valence-electron chi connectivity index (χ3n) is 3.26. The van der Waals surface area contributed by atoms with Crippen molar-refractivity contribution in [2.24, 2.45) is 5.92 Å². The number of carbonyl (C=O) groups is 1. The molecule has 1 aliphatic carbocycles. The molecule has 0 bridgehead atoms. The maximum absolute atomic E-state index is 12.1. The number of thiophene rings is 1. The second kappa shape index (κ2) is 4.99. The van der Waals surface area contributed by atoms with E-state index >= 15 is 0 Å². The smallest absolute Gasteiger partial charge is 0.345 e. The van der Waals surface area contributed by atoms with E-state index in [0.717, 1.165) is 30.6 Å². The zero-order valence-corrected chi connectivity index (χ0v) is 11.6. The molecular weight excluding hydrogens is 274 g/mol. The first kappa shape index (κ1) is 13.5. The van der Waals surface area contributed by atoms with E-state index in [9.17, 15) is 13.2 Å². The standard InChI is InChI=1S/C11H15NO4S2/c1-7-3-2-4-9(7)12-18(15,16)8-5-10(11(13)14)17-6-8/h5-7,9,12H,2-4H2,1H3,(H,13,14). The Morgan fingerprint density at radius 1 is 1.50 bits per heavy atom. The molecule has 1 aliphatic rings. The van der Waals surface area contributed by atoms with Crippen LogP contribution in [0.1, 0.15) is 35.9 Å². The summed E-state index contributed by atoms with van der Waals surface area (Å²) in [7, 11) is -3.59. The molecule has 0 radical (unpaired) electrons. The highest BCUT2D eigenvalue weighted by Gasteiger charge is 2.29. The Morgan fingerprint density at radius 2 is 2.22 bits per heavy atom. The predicted molar refractivity (Wildman–Crippen MR) is 68.4 cm³/mol. The number of aromatic carboxylic acids is 1. The first-order chi connectivity index (χ1) is 8.40. The maximum Gasteiger partial charge on any atom is 0.345 e. The van der Waals surface area contributed by atoms with Gasteiger partial charge in [-0.15, -0.1) is 11.3 Å². The summed E-state index contributed by atoms with van der Waals surface area (Å²) in [5, 5.41) is 10.2. The quantitative estimate of drug-likeness (QED) is 0.887. The fourth-order valence-corrected chi connectivity index (χ4v) is 4.65. The van der Waals surface area contributed by atoms with Crippen LogP contribution < -0.4 is 4.72 Å². The molecule has 7 heteroatoms. The summed E-state index contributed by atoms with van der Waals surface area (Å²) < 4.78 is 26.8. The van der Waals surface area contributed by atoms with Crippen molar-refractivity contribution in [2.45, 2.75) is 37.1 Å². The average Bonchev–Trinajstić information content (AvgIpc) is 2.88. The molecule has 2 unspecified atom stereocenters. The van der Waals surface area contributed by atoms with Crippen LogP contribution in [0.4, 0.5) is 0 Å². The van der Waals surface area contributed by atoms with E-state index in [1.807, 2.05) is 6.92 Å². The fraction of sp³-hybridized carbons (Fsp3) is 0.545. The van der Waals surface area contributed by atoms with Crippen molar-refractivity contribution in [3.05, 3.63) is 16.3 Å². The highest BCUT2D eigenvalue weighted by atomic mass is 32.2. The van der Waals surface area contributed by atoms with Gasteiger partial charge in [0, 0.05) is 11.4 Å². The molecule has 0 aliphatic heterocycles. The molecule has 2 atom stereocenters. The second-order valence-electron chi connectivity index (χ2n) is 4.59. The number of nitrogens with one attached hydrogen (secondary N) is 1. The van der Waals surface area contributed by atoms with Crippen LogP contribution in [0.25, 0.3) is 0 Å². The molecule has 1 aromatic rings. The van der Waals surface area contributed by atoms with E-state index in [-0.39, 0.29) is 15.8 Å². The van der Waals surface area contributed by atoms with Crippen LogP contribution in [0.2, 0.25) is 0 Å². The van der Waals surface area contributed by atoms with Crippen molar-refractivity contribution in [1.29, 1.82) is 0 Å². The van der Waals surface area contributed by atoms with Gasteiger partial charge in [0.05, 0.1) is 4.90 Å². The predicted octanol–water partition coefficient (Wildman–Crippen LogP) is 1.91. The van der Waals surface area contributed by atoms with E-state index in [0.29, 0.717) is 5.92 Å². The molecule has 0 aromatic carbocycles. The minimum Gasteiger partial charge on any atom is -0.477 e. The lowest BCUT2D eigenvalue weighted by atomic mass is 10.1. The van der Waals surface area contributed by atoms with Gasteiger partial charge >= 0.3 is 5.97 Å². The molecule has 1 heterocycles. The van der Waals surface area contributed by atoms with E-state index in [2.05, 4.69) is 4.72 Å². The first-order valence-electron chi connectivity index (χ1n) is 5.74. The van der Waals surface area contributed by atoms with E-state index < -0.39 is 16.0 Å². The van der Waals surface area contributed by atoms with E-state index in [4.69, 9.17) is 5.11 Å². The molecule has 0 saturated heterocycles. The van der Waals surface area contributed by atoms with Crippen molar-refractivity contribution in [3.63, 3.8) is 0 Å². The Kier molecular flexibility index (Phi) is 3.74. The van der Waals surface area contributed by atoms with Crippen molar-refractivity contribution in [3.8, 4) is 0 Å².